The number of oxazole rings is 1. The standard InChI is InChI=1S/C22H16FNO3S/c1-28(25,26)19-13-9-16(10-14-19)21-20(15-7-11-18(23)12-8-15)24-22(27-21)17-5-3-2-4-6-17/h2-14H,1H3. The topological polar surface area (TPSA) is 60.2 Å². The first-order chi connectivity index (χ1) is 13.4. The maximum absolute atomic E-state index is 13.4. The number of nitrogens with zero attached hydrogens (tertiary/aromatic N) is 1. The summed E-state index contributed by atoms with van der Waals surface area (Å²) in [6.45, 7) is 0. The smallest absolute Gasteiger partial charge is 0.227 e. The minimum absolute atomic E-state index is 0.224. The predicted octanol–water partition coefficient (Wildman–Crippen LogP) is 5.22. The fraction of sp³-hybridized carbons (Fsp3) is 0.0455. The molecule has 0 radical (unpaired) electrons. The number of aromatic nitrogens is 1. The van der Waals surface area contributed by atoms with Gasteiger partial charge < -0.3 is 4.42 Å². The van der Waals surface area contributed by atoms with Crippen LogP contribution >= 0.6 is 0 Å². The van der Waals surface area contributed by atoms with E-state index < -0.39 is 9.84 Å². The van der Waals surface area contributed by atoms with E-state index in [2.05, 4.69) is 4.98 Å². The molecule has 0 saturated heterocycles. The lowest BCUT2D eigenvalue weighted by Gasteiger charge is -2.03. The quantitative estimate of drug-likeness (QED) is 0.477. The van der Waals surface area contributed by atoms with E-state index in [0.29, 0.717) is 28.5 Å². The van der Waals surface area contributed by atoms with Gasteiger partial charge in [0.05, 0.1) is 4.90 Å². The van der Waals surface area contributed by atoms with Crippen LogP contribution in [0.3, 0.4) is 0 Å². The Morgan fingerprint density at radius 1 is 0.786 bits per heavy atom. The molecule has 0 amide bonds. The minimum Gasteiger partial charge on any atom is -0.435 e. The summed E-state index contributed by atoms with van der Waals surface area (Å²) in [7, 11) is -3.29. The molecule has 0 saturated carbocycles. The van der Waals surface area contributed by atoms with Gasteiger partial charge in [-0.1, -0.05) is 18.2 Å². The van der Waals surface area contributed by atoms with Crippen LogP contribution in [-0.4, -0.2) is 19.7 Å². The van der Waals surface area contributed by atoms with Crippen molar-refractivity contribution in [3.63, 3.8) is 0 Å². The number of benzene rings is 3. The van der Waals surface area contributed by atoms with Crippen molar-refractivity contribution in [3.8, 4) is 34.0 Å². The molecule has 0 spiro atoms. The van der Waals surface area contributed by atoms with Crippen LogP contribution in [0.2, 0.25) is 0 Å². The fourth-order valence-corrected chi connectivity index (χ4v) is 3.51. The molecule has 3 aromatic carbocycles. The summed E-state index contributed by atoms with van der Waals surface area (Å²) >= 11 is 0. The maximum atomic E-state index is 13.4. The van der Waals surface area contributed by atoms with Gasteiger partial charge in [-0.2, -0.15) is 0 Å². The molecule has 1 heterocycles. The lowest BCUT2D eigenvalue weighted by atomic mass is 10.1. The molecule has 0 atom stereocenters. The first kappa shape index (κ1) is 18.1. The second kappa shape index (κ2) is 7.05. The van der Waals surface area contributed by atoms with Gasteiger partial charge in [0.1, 0.15) is 11.5 Å². The third kappa shape index (κ3) is 3.59. The third-order valence-corrected chi connectivity index (χ3v) is 5.44. The van der Waals surface area contributed by atoms with Gasteiger partial charge in [-0.25, -0.2) is 17.8 Å². The molecule has 0 aliphatic carbocycles. The van der Waals surface area contributed by atoms with Crippen molar-refractivity contribution < 1.29 is 17.2 Å². The first-order valence-electron chi connectivity index (χ1n) is 8.54. The van der Waals surface area contributed by atoms with Gasteiger partial charge in [0.15, 0.2) is 15.6 Å². The van der Waals surface area contributed by atoms with Gasteiger partial charge >= 0.3 is 0 Å². The molecule has 0 aliphatic rings. The van der Waals surface area contributed by atoms with Crippen LogP contribution in [0.25, 0.3) is 34.0 Å². The molecule has 0 bridgehead atoms. The molecular weight excluding hydrogens is 377 g/mol. The van der Waals surface area contributed by atoms with E-state index in [1.165, 1.54) is 24.3 Å². The Labute approximate surface area is 162 Å². The molecule has 1 aromatic heterocycles. The molecule has 4 aromatic rings. The highest BCUT2D eigenvalue weighted by atomic mass is 32.2. The molecule has 140 valence electrons. The summed E-state index contributed by atoms with van der Waals surface area (Å²) in [5, 5.41) is 0. The second-order valence-corrected chi connectivity index (χ2v) is 8.38. The van der Waals surface area contributed by atoms with Crippen molar-refractivity contribution in [2.24, 2.45) is 0 Å². The second-order valence-electron chi connectivity index (χ2n) is 6.37. The van der Waals surface area contributed by atoms with Gasteiger partial charge in [0, 0.05) is 22.9 Å². The van der Waals surface area contributed by atoms with Crippen LogP contribution in [0.5, 0.6) is 0 Å². The number of sulfone groups is 1. The lowest BCUT2D eigenvalue weighted by Crippen LogP contribution is -1.96. The van der Waals surface area contributed by atoms with Crippen LogP contribution in [0.1, 0.15) is 0 Å². The average Bonchev–Trinajstić information content (AvgIpc) is 3.14. The van der Waals surface area contributed by atoms with Crippen molar-refractivity contribution in [3.05, 3.63) is 84.7 Å². The van der Waals surface area contributed by atoms with Crippen LogP contribution in [-0.2, 0) is 9.84 Å². The molecule has 6 heteroatoms. The van der Waals surface area contributed by atoms with Crippen molar-refractivity contribution in [2.45, 2.75) is 4.90 Å². The molecule has 0 aliphatic heterocycles. The molecule has 4 rings (SSSR count). The fourth-order valence-electron chi connectivity index (χ4n) is 2.88. The van der Waals surface area contributed by atoms with E-state index in [4.69, 9.17) is 4.42 Å². The van der Waals surface area contributed by atoms with Gasteiger partial charge in [-0.3, -0.25) is 0 Å². The number of hydrogen-bond donors (Lipinski definition) is 0. The third-order valence-electron chi connectivity index (χ3n) is 4.31. The van der Waals surface area contributed by atoms with Crippen molar-refractivity contribution in [2.75, 3.05) is 6.26 Å². The normalized spacial score (nSPS) is 11.5. The van der Waals surface area contributed by atoms with Crippen LogP contribution in [0.15, 0.2) is 88.2 Å². The highest BCUT2D eigenvalue weighted by Crippen LogP contribution is 2.36. The van der Waals surface area contributed by atoms with Gasteiger partial charge in [-0.15, -0.1) is 0 Å². The SMILES string of the molecule is CS(=O)(=O)c1ccc(-c2oc(-c3ccccc3)nc2-c2ccc(F)cc2)cc1. The largest absolute Gasteiger partial charge is 0.435 e. The Morgan fingerprint density at radius 2 is 1.39 bits per heavy atom. The summed E-state index contributed by atoms with van der Waals surface area (Å²) in [6.07, 6.45) is 1.16. The first-order valence-corrected chi connectivity index (χ1v) is 10.4. The molecule has 4 nitrogen and oxygen atoms in total. The van der Waals surface area contributed by atoms with E-state index in [9.17, 15) is 12.8 Å². The molecular formula is C22H16FNO3S. The highest BCUT2D eigenvalue weighted by Gasteiger charge is 2.19. The monoisotopic (exact) mass is 393 g/mol. The summed E-state index contributed by atoms with van der Waals surface area (Å²) in [5.74, 6) is 0.585. The van der Waals surface area contributed by atoms with Crippen molar-refractivity contribution in [1.82, 2.24) is 4.98 Å². The summed E-state index contributed by atoms with van der Waals surface area (Å²) in [5.41, 5.74) is 2.76. The van der Waals surface area contributed by atoms with Crippen molar-refractivity contribution in [1.29, 1.82) is 0 Å². The van der Waals surface area contributed by atoms with Crippen LogP contribution in [0.4, 0.5) is 4.39 Å². The van der Waals surface area contributed by atoms with Gasteiger partial charge in [0.25, 0.3) is 0 Å². The summed E-state index contributed by atoms with van der Waals surface area (Å²) in [4.78, 5) is 4.84. The Hall–Kier alpha value is -3.25. The van der Waals surface area contributed by atoms with Crippen molar-refractivity contribution >= 4 is 9.84 Å². The molecule has 28 heavy (non-hydrogen) atoms. The lowest BCUT2D eigenvalue weighted by molar-refractivity contribution is 0.588. The van der Waals surface area contributed by atoms with E-state index in [1.54, 1.807) is 24.3 Å². The Bertz CT molecular complexity index is 1210. The Kier molecular flexibility index (Phi) is 4.57. The maximum Gasteiger partial charge on any atom is 0.227 e. The van der Waals surface area contributed by atoms with Crippen LogP contribution < -0.4 is 0 Å². The van der Waals surface area contributed by atoms with Crippen LogP contribution in [0, 0.1) is 5.82 Å². The summed E-state index contributed by atoms with van der Waals surface area (Å²) < 4.78 is 42.8. The van der Waals surface area contributed by atoms with E-state index >= 15 is 0 Å². The zero-order valence-electron chi connectivity index (χ0n) is 15.0. The number of rotatable bonds is 4. The van der Waals surface area contributed by atoms with Gasteiger partial charge in [-0.05, 0) is 60.7 Å². The minimum atomic E-state index is -3.29. The predicted molar refractivity (Wildman–Crippen MR) is 106 cm³/mol. The van der Waals surface area contributed by atoms with E-state index in [0.717, 1.165) is 11.8 Å². The molecule has 0 N–H and O–H groups in total. The number of halogens is 1. The number of hydrogen-bond acceptors (Lipinski definition) is 4. The zero-order chi connectivity index (χ0) is 19.7. The van der Waals surface area contributed by atoms with E-state index in [1.807, 2.05) is 30.3 Å². The Morgan fingerprint density at radius 3 is 2.00 bits per heavy atom. The zero-order valence-corrected chi connectivity index (χ0v) is 15.8. The summed E-state index contributed by atoms with van der Waals surface area (Å²) in [6, 6.07) is 21.9. The molecule has 0 fully saturated rings. The van der Waals surface area contributed by atoms with E-state index in [-0.39, 0.29) is 10.7 Å². The molecule has 0 unspecified atom stereocenters. The Balaban J connectivity index is 1.87. The highest BCUT2D eigenvalue weighted by molar-refractivity contribution is 7.90. The average molecular weight is 393 g/mol. The van der Waals surface area contributed by atoms with Gasteiger partial charge in [0.2, 0.25) is 5.89 Å².